The minimum atomic E-state index is 0.0752. The summed E-state index contributed by atoms with van der Waals surface area (Å²) in [6.45, 7) is 3.92. The molecule has 0 unspecified atom stereocenters. The second kappa shape index (κ2) is 2.77. The Morgan fingerprint density at radius 1 is 1.00 bits per heavy atom. The van der Waals surface area contributed by atoms with Gasteiger partial charge in [-0.25, -0.2) is 0 Å². The summed E-state index contributed by atoms with van der Waals surface area (Å²) in [6, 6.07) is 0. The quantitative estimate of drug-likeness (QED) is 0.592. The fourth-order valence-electron chi connectivity index (χ4n) is 1.45. The summed E-state index contributed by atoms with van der Waals surface area (Å²) in [5, 5.41) is 7.75. The summed E-state index contributed by atoms with van der Waals surface area (Å²) in [7, 11) is 0. The van der Waals surface area contributed by atoms with E-state index in [-0.39, 0.29) is 12.2 Å². The average Bonchev–Trinajstić information content (AvgIpc) is 2.58. The Kier molecular flexibility index (Phi) is 1.75. The SMILES string of the molecule is CC1=NO[C@H]([C@H]2CC(C)=NO2)C1. The van der Waals surface area contributed by atoms with Gasteiger partial charge in [0.05, 0.1) is 11.4 Å². The molecule has 12 heavy (non-hydrogen) atoms. The smallest absolute Gasteiger partial charge is 0.172 e. The van der Waals surface area contributed by atoms with Gasteiger partial charge in [-0.15, -0.1) is 0 Å². The van der Waals surface area contributed by atoms with Crippen LogP contribution in [0.2, 0.25) is 0 Å². The Hall–Kier alpha value is -1.06. The molecule has 4 nitrogen and oxygen atoms in total. The van der Waals surface area contributed by atoms with Crippen molar-refractivity contribution in [2.45, 2.75) is 38.9 Å². The van der Waals surface area contributed by atoms with Crippen LogP contribution in [0.4, 0.5) is 0 Å². The number of nitrogens with zero attached hydrogens (tertiary/aromatic N) is 2. The molecule has 2 atom stereocenters. The molecule has 0 aromatic rings. The number of oxime groups is 2. The van der Waals surface area contributed by atoms with Gasteiger partial charge in [0, 0.05) is 12.8 Å². The van der Waals surface area contributed by atoms with Crippen molar-refractivity contribution in [3.63, 3.8) is 0 Å². The van der Waals surface area contributed by atoms with Crippen molar-refractivity contribution in [2.24, 2.45) is 10.3 Å². The lowest BCUT2D eigenvalue weighted by Crippen LogP contribution is -2.26. The Labute approximate surface area is 71.2 Å². The molecule has 0 aliphatic carbocycles. The van der Waals surface area contributed by atoms with Gasteiger partial charge in [0.1, 0.15) is 0 Å². The van der Waals surface area contributed by atoms with Crippen LogP contribution in [0.15, 0.2) is 10.3 Å². The van der Waals surface area contributed by atoms with Crippen LogP contribution in [0.1, 0.15) is 26.7 Å². The van der Waals surface area contributed by atoms with Gasteiger partial charge in [-0.05, 0) is 13.8 Å². The van der Waals surface area contributed by atoms with Gasteiger partial charge in [-0.1, -0.05) is 10.3 Å². The molecular formula is C8H12N2O2. The first-order chi connectivity index (χ1) is 5.75. The molecule has 2 heterocycles. The largest absolute Gasteiger partial charge is 0.388 e. The van der Waals surface area contributed by atoms with Crippen molar-refractivity contribution in [2.75, 3.05) is 0 Å². The number of hydrogen-bond acceptors (Lipinski definition) is 4. The first-order valence-electron chi connectivity index (χ1n) is 4.14. The lowest BCUT2D eigenvalue weighted by atomic mass is 10.0. The van der Waals surface area contributed by atoms with Crippen LogP contribution in [-0.4, -0.2) is 23.6 Å². The molecule has 4 heteroatoms. The van der Waals surface area contributed by atoms with Crippen molar-refractivity contribution >= 4 is 11.4 Å². The van der Waals surface area contributed by atoms with Crippen molar-refractivity contribution in [1.82, 2.24) is 0 Å². The summed E-state index contributed by atoms with van der Waals surface area (Å²) in [5.41, 5.74) is 2.07. The predicted octanol–water partition coefficient (Wildman–Crippen LogP) is 1.32. The predicted molar refractivity (Wildman–Crippen MR) is 45.2 cm³/mol. The zero-order valence-corrected chi connectivity index (χ0v) is 7.28. The normalized spacial score (nSPS) is 33.8. The van der Waals surface area contributed by atoms with Crippen LogP contribution in [-0.2, 0) is 9.68 Å². The summed E-state index contributed by atoms with van der Waals surface area (Å²) in [6.07, 6.45) is 1.89. The van der Waals surface area contributed by atoms with Crippen LogP contribution < -0.4 is 0 Å². The molecule has 0 fully saturated rings. The lowest BCUT2D eigenvalue weighted by Gasteiger charge is -2.13. The summed E-state index contributed by atoms with van der Waals surface area (Å²) < 4.78 is 0. The third kappa shape index (κ3) is 1.29. The maximum atomic E-state index is 5.19. The highest BCUT2D eigenvalue weighted by molar-refractivity contribution is 5.84. The highest BCUT2D eigenvalue weighted by Crippen LogP contribution is 2.22. The van der Waals surface area contributed by atoms with E-state index in [0.717, 1.165) is 24.3 Å². The molecule has 2 aliphatic rings. The lowest BCUT2D eigenvalue weighted by molar-refractivity contribution is -0.0426. The minimum absolute atomic E-state index is 0.0752. The Bertz CT molecular complexity index is 221. The van der Waals surface area contributed by atoms with Crippen LogP contribution >= 0.6 is 0 Å². The first kappa shape index (κ1) is 7.58. The molecule has 0 N–H and O–H groups in total. The van der Waals surface area contributed by atoms with Gasteiger partial charge in [-0.2, -0.15) is 0 Å². The zero-order valence-electron chi connectivity index (χ0n) is 7.28. The van der Waals surface area contributed by atoms with E-state index in [2.05, 4.69) is 10.3 Å². The van der Waals surface area contributed by atoms with E-state index < -0.39 is 0 Å². The number of hydrogen-bond donors (Lipinski definition) is 0. The highest BCUT2D eigenvalue weighted by atomic mass is 16.7. The standard InChI is InChI=1S/C8H12N2O2/c1-5-3-7(11-9-5)8-4-6(2)10-12-8/h7-8H,3-4H2,1-2H3/t7-,8+. The molecular weight excluding hydrogens is 156 g/mol. The van der Waals surface area contributed by atoms with Gasteiger partial charge < -0.3 is 9.68 Å². The molecule has 0 saturated heterocycles. The Morgan fingerprint density at radius 3 is 1.67 bits per heavy atom. The molecule has 0 aromatic carbocycles. The summed E-state index contributed by atoms with van der Waals surface area (Å²) in [5.74, 6) is 0. The Balaban J connectivity index is 1.89. The topological polar surface area (TPSA) is 43.2 Å². The zero-order chi connectivity index (χ0) is 8.55. The molecule has 0 spiro atoms. The molecule has 2 aliphatic heterocycles. The molecule has 66 valence electrons. The summed E-state index contributed by atoms with van der Waals surface area (Å²) >= 11 is 0. The number of rotatable bonds is 1. The van der Waals surface area contributed by atoms with Gasteiger partial charge in [0.25, 0.3) is 0 Å². The van der Waals surface area contributed by atoms with Crippen molar-refractivity contribution < 1.29 is 9.68 Å². The van der Waals surface area contributed by atoms with Crippen LogP contribution in [0.3, 0.4) is 0 Å². The maximum absolute atomic E-state index is 5.19. The van der Waals surface area contributed by atoms with E-state index in [4.69, 9.17) is 9.68 Å². The third-order valence-corrected chi connectivity index (χ3v) is 2.10. The van der Waals surface area contributed by atoms with E-state index in [9.17, 15) is 0 Å². The third-order valence-electron chi connectivity index (χ3n) is 2.10. The molecule has 0 aromatic heterocycles. The molecule has 0 saturated carbocycles. The average molecular weight is 168 g/mol. The highest BCUT2D eigenvalue weighted by Gasteiger charge is 2.33. The fraction of sp³-hybridized carbons (Fsp3) is 0.750. The van der Waals surface area contributed by atoms with Crippen LogP contribution in [0, 0.1) is 0 Å². The van der Waals surface area contributed by atoms with Gasteiger partial charge >= 0.3 is 0 Å². The molecule has 0 bridgehead atoms. The second-order valence-corrected chi connectivity index (χ2v) is 3.35. The van der Waals surface area contributed by atoms with E-state index >= 15 is 0 Å². The van der Waals surface area contributed by atoms with Gasteiger partial charge in [0.15, 0.2) is 12.2 Å². The van der Waals surface area contributed by atoms with Gasteiger partial charge in [-0.3, -0.25) is 0 Å². The van der Waals surface area contributed by atoms with Crippen molar-refractivity contribution in [3.8, 4) is 0 Å². The Morgan fingerprint density at radius 2 is 1.42 bits per heavy atom. The summed E-state index contributed by atoms with van der Waals surface area (Å²) in [4.78, 5) is 10.4. The van der Waals surface area contributed by atoms with Gasteiger partial charge in [0.2, 0.25) is 0 Å². The molecule has 0 radical (unpaired) electrons. The monoisotopic (exact) mass is 168 g/mol. The van der Waals surface area contributed by atoms with Crippen LogP contribution in [0.5, 0.6) is 0 Å². The first-order valence-corrected chi connectivity index (χ1v) is 4.14. The molecule has 2 rings (SSSR count). The fourth-order valence-corrected chi connectivity index (χ4v) is 1.45. The molecule has 0 amide bonds. The van der Waals surface area contributed by atoms with E-state index in [1.807, 2.05) is 13.8 Å². The minimum Gasteiger partial charge on any atom is -0.388 e. The van der Waals surface area contributed by atoms with E-state index in [1.54, 1.807) is 0 Å². The van der Waals surface area contributed by atoms with Crippen LogP contribution in [0.25, 0.3) is 0 Å². The maximum Gasteiger partial charge on any atom is 0.172 e. The second-order valence-electron chi connectivity index (χ2n) is 3.35. The van der Waals surface area contributed by atoms with Crippen molar-refractivity contribution in [1.29, 1.82) is 0 Å². The van der Waals surface area contributed by atoms with E-state index in [1.165, 1.54) is 0 Å². The van der Waals surface area contributed by atoms with Crippen molar-refractivity contribution in [3.05, 3.63) is 0 Å². The van der Waals surface area contributed by atoms with E-state index in [0.29, 0.717) is 0 Å².